The van der Waals surface area contributed by atoms with E-state index in [9.17, 15) is 22.8 Å². The minimum absolute atomic E-state index is 0.0939. The Hall–Kier alpha value is -2.06. The molecule has 0 aromatic carbocycles. The van der Waals surface area contributed by atoms with Crippen molar-refractivity contribution < 1.29 is 27.5 Å². The normalized spacial score (nSPS) is 12.8. The van der Waals surface area contributed by atoms with Gasteiger partial charge in [-0.2, -0.15) is 13.2 Å². The Morgan fingerprint density at radius 1 is 1.48 bits per heavy atom. The Labute approximate surface area is 119 Å². The first-order chi connectivity index (χ1) is 9.84. The van der Waals surface area contributed by atoms with Gasteiger partial charge in [-0.1, -0.05) is 13.3 Å². The molecule has 21 heavy (non-hydrogen) atoms. The average molecular weight is 307 g/mol. The van der Waals surface area contributed by atoms with Crippen LogP contribution < -0.4 is 5.32 Å². The fraction of sp³-hybridized carbons (Fsp3) is 0.583. The number of hydrogen-bond donors (Lipinski definition) is 2. The van der Waals surface area contributed by atoms with Gasteiger partial charge in [0.1, 0.15) is 6.04 Å². The summed E-state index contributed by atoms with van der Waals surface area (Å²) in [7, 11) is 0. The SMILES string of the molecule is CCCCOC(=O)[C@H](Cc1cnc[nH]1)NC(=O)C(F)(F)F. The highest BCUT2D eigenvalue weighted by Gasteiger charge is 2.41. The van der Waals surface area contributed by atoms with Gasteiger partial charge < -0.3 is 15.0 Å². The van der Waals surface area contributed by atoms with Gasteiger partial charge in [-0.05, 0) is 6.42 Å². The molecule has 1 atom stereocenters. The van der Waals surface area contributed by atoms with Crippen LogP contribution in [0.4, 0.5) is 13.2 Å². The molecule has 0 aliphatic heterocycles. The van der Waals surface area contributed by atoms with E-state index in [-0.39, 0.29) is 13.0 Å². The molecule has 0 spiro atoms. The predicted octanol–water partition coefficient (Wildman–Crippen LogP) is 1.34. The maximum atomic E-state index is 12.3. The molecule has 0 saturated carbocycles. The van der Waals surface area contributed by atoms with E-state index in [2.05, 4.69) is 9.97 Å². The van der Waals surface area contributed by atoms with Gasteiger partial charge in [0.2, 0.25) is 0 Å². The highest BCUT2D eigenvalue weighted by molar-refractivity contribution is 5.87. The van der Waals surface area contributed by atoms with Crippen molar-refractivity contribution in [3.63, 3.8) is 0 Å². The van der Waals surface area contributed by atoms with E-state index in [0.717, 1.165) is 6.42 Å². The Morgan fingerprint density at radius 2 is 2.19 bits per heavy atom. The van der Waals surface area contributed by atoms with Gasteiger partial charge in [-0.3, -0.25) is 4.79 Å². The summed E-state index contributed by atoms with van der Waals surface area (Å²) in [6, 6.07) is -1.42. The highest BCUT2D eigenvalue weighted by atomic mass is 19.4. The lowest BCUT2D eigenvalue weighted by atomic mass is 10.1. The van der Waals surface area contributed by atoms with E-state index < -0.39 is 24.1 Å². The molecule has 0 radical (unpaired) electrons. The van der Waals surface area contributed by atoms with Gasteiger partial charge in [0.25, 0.3) is 0 Å². The number of aromatic amines is 1. The number of unbranched alkanes of at least 4 members (excludes halogenated alkanes) is 1. The molecule has 0 aliphatic carbocycles. The molecule has 0 saturated heterocycles. The smallest absolute Gasteiger partial charge is 0.464 e. The molecule has 1 aromatic rings. The number of alkyl halides is 3. The number of nitrogens with one attached hydrogen (secondary N) is 2. The first-order valence-corrected chi connectivity index (χ1v) is 6.36. The number of ether oxygens (including phenoxy) is 1. The van der Waals surface area contributed by atoms with Crippen molar-refractivity contribution in [3.8, 4) is 0 Å². The Bertz CT molecular complexity index is 460. The van der Waals surface area contributed by atoms with E-state index in [0.29, 0.717) is 12.1 Å². The molecule has 0 aliphatic rings. The van der Waals surface area contributed by atoms with Gasteiger partial charge in [0, 0.05) is 18.3 Å². The summed E-state index contributed by atoms with van der Waals surface area (Å²) < 4.78 is 41.7. The number of esters is 1. The van der Waals surface area contributed by atoms with Crippen molar-refractivity contribution in [2.45, 2.75) is 38.4 Å². The lowest BCUT2D eigenvalue weighted by Crippen LogP contribution is -2.48. The first-order valence-electron chi connectivity index (χ1n) is 6.36. The quantitative estimate of drug-likeness (QED) is 0.588. The zero-order valence-corrected chi connectivity index (χ0v) is 11.4. The van der Waals surface area contributed by atoms with Crippen LogP contribution in [0.15, 0.2) is 12.5 Å². The number of hydrogen-bond acceptors (Lipinski definition) is 4. The minimum Gasteiger partial charge on any atom is -0.464 e. The van der Waals surface area contributed by atoms with Crippen LogP contribution in [-0.4, -0.2) is 40.7 Å². The third kappa shape index (κ3) is 5.84. The standard InChI is InChI=1S/C12H16F3N3O3/c1-2-3-4-21-10(19)9(5-8-6-16-7-17-8)18-11(20)12(13,14)15/h6-7,9H,2-5H2,1H3,(H,16,17)(H,18,20)/t9-/m0/s1. The van der Waals surface area contributed by atoms with Gasteiger partial charge in [0.15, 0.2) is 0 Å². The van der Waals surface area contributed by atoms with Crippen LogP contribution in [0.1, 0.15) is 25.5 Å². The van der Waals surface area contributed by atoms with Gasteiger partial charge in [-0.25, -0.2) is 9.78 Å². The molecule has 9 heteroatoms. The summed E-state index contributed by atoms with van der Waals surface area (Å²) in [5.74, 6) is -3.09. The third-order valence-corrected chi connectivity index (χ3v) is 2.57. The summed E-state index contributed by atoms with van der Waals surface area (Å²) in [6.07, 6.45) is -1.18. The van der Waals surface area contributed by atoms with Crippen LogP contribution in [0.5, 0.6) is 0 Å². The third-order valence-electron chi connectivity index (χ3n) is 2.57. The molecule has 0 fully saturated rings. The average Bonchev–Trinajstić information content (AvgIpc) is 2.89. The van der Waals surface area contributed by atoms with E-state index in [1.165, 1.54) is 12.5 Å². The van der Waals surface area contributed by atoms with Crippen LogP contribution in [0.25, 0.3) is 0 Å². The molecule has 6 nitrogen and oxygen atoms in total. The summed E-state index contributed by atoms with van der Waals surface area (Å²) in [6.45, 7) is 1.97. The first kappa shape index (κ1) is 17.0. The molecule has 0 bridgehead atoms. The number of rotatable bonds is 7. The second-order valence-electron chi connectivity index (χ2n) is 4.33. The van der Waals surface area contributed by atoms with E-state index in [1.54, 1.807) is 5.32 Å². The monoisotopic (exact) mass is 307 g/mol. The van der Waals surface area contributed by atoms with Crippen LogP contribution >= 0.6 is 0 Å². The Morgan fingerprint density at radius 3 is 2.71 bits per heavy atom. The number of amides is 1. The molecule has 0 unspecified atom stereocenters. The fourth-order valence-electron chi connectivity index (χ4n) is 1.47. The topological polar surface area (TPSA) is 84.1 Å². The van der Waals surface area contributed by atoms with Crippen molar-refractivity contribution in [3.05, 3.63) is 18.2 Å². The number of H-pyrrole nitrogens is 1. The lowest BCUT2D eigenvalue weighted by Gasteiger charge is -2.17. The van der Waals surface area contributed by atoms with Crippen LogP contribution in [0.3, 0.4) is 0 Å². The molecule has 1 heterocycles. The summed E-state index contributed by atoms with van der Waals surface area (Å²) in [4.78, 5) is 29.1. The zero-order chi connectivity index (χ0) is 15.9. The molecule has 1 amide bonds. The predicted molar refractivity (Wildman–Crippen MR) is 66.1 cm³/mol. The number of carbonyl (C=O) groups excluding carboxylic acids is 2. The molecular formula is C12H16F3N3O3. The Kier molecular flexibility index (Phi) is 6.19. The zero-order valence-electron chi connectivity index (χ0n) is 11.4. The van der Waals surface area contributed by atoms with Gasteiger partial charge in [-0.15, -0.1) is 0 Å². The van der Waals surface area contributed by atoms with Crippen molar-refractivity contribution in [2.75, 3.05) is 6.61 Å². The Balaban J connectivity index is 2.69. The number of carbonyl (C=O) groups is 2. The van der Waals surface area contributed by atoms with E-state index >= 15 is 0 Å². The molecule has 1 rings (SSSR count). The number of nitrogens with zero attached hydrogens (tertiary/aromatic N) is 1. The maximum absolute atomic E-state index is 12.3. The highest BCUT2D eigenvalue weighted by Crippen LogP contribution is 2.15. The van der Waals surface area contributed by atoms with Crippen molar-refractivity contribution >= 4 is 11.9 Å². The van der Waals surface area contributed by atoms with Crippen molar-refractivity contribution in [1.29, 1.82) is 0 Å². The largest absolute Gasteiger partial charge is 0.471 e. The summed E-state index contributed by atoms with van der Waals surface area (Å²) in [5, 5.41) is 1.64. The van der Waals surface area contributed by atoms with Gasteiger partial charge >= 0.3 is 18.1 Å². The molecule has 2 N–H and O–H groups in total. The fourth-order valence-corrected chi connectivity index (χ4v) is 1.47. The maximum Gasteiger partial charge on any atom is 0.471 e. The van der Waals surface area contributed by atoms with Crippen LogP contribution in [0.2, 0.25) is 0 Å². The number of aromatic nitrogens is 2. The van der Waals surface area contributed by atoms with Crippen molar-refractivity contribution in [1.82, 2.24) is 15.3 Å². The molecular weight excluding hydrogens is 291 g/mol. The molecule has 1 aromatic heterocycles. The summed E-state index contributed by atoms with van der Waals surface area (Å²) >= 11 is 0. The second kappa shape index (κ2) is 7.65. The molecule has 118 valence electrons. The van der Waals surface area contributed by atoms with Crippen molar-refractivity contribution in [2.24, 2.45) is 0 Å². The minimum atomic E-state index is -5.06. The second-order valence-corrected chi connectivity index (χ2v) is 4.33. The number of halogens is 3. The summed E-state index contributed by atoms with van der Waals surface area (Å²) in [5.41, 5.74) is 0.412. The van der Waals surface area contributed by atoms with E-state index in [4.69, 9.17) is 4.74 Å². The van der Waals surface area contributed by atoms with Crippen LogP contribution in [0, 0.1) is 0 Å². The lowest BCUT2D eigenvalue weighted by molar-refractivity contribution is -0.175. The van der Waals surface area contributed by atoms with Gasteiger partial charge in [0.05, 0.1) is 12.9 Å². The van der Waals surface area contributed by atoms with E-state index in [1.807, 2.05) is 6.92 Å². The number of imidazole rings is 1. The van der Waals surface area contributed by atoms with Crippen LogP contribution in [-0.2, 0) is 20.7 Å².